The molecular weight excluding hydrogens is 2130 g/mol. The number of fused-ring (bicyclic) bond motifs is 24. The zero-order valence-electron chi connectivity index (χ0n) is 84.1. The molecule has 0 unspecified atom stereocenters. The number of aliphatic hydroxyl groups is 3. The number of carbonyl (C=O) groups excluding carboxylic acids is 7. The van der Waals surface area contributed by atoms with Crippen LogP contribution in [0.5, 0.6) is 5.88 Å². The number of nitrogens with zero attached hydrogens (tertiary/aromatic N) is 13. The van der Waals surface area contributed by atoms with Gasteiger partial charge in [0.2, 0.25) is 47.3 Å². The molecule has 762 valence electrons. The molecule has 0 bridgehead atoms. The maximum Gasteiger partial charge on any atom is 0.237 e. The lowest BCUT2D eigenvalue weighted by atomic mass is 9.67. The zero-order valence-corrected chi connectivity index (χ0v) is 90.5. The summed E-state index contributed by atoms with van der Waals surface area (Å²) in [5.74, 6) is 2.53. The first kappa shape index (κ1) is 102. The standard InChI is InChI=1S/C27H32N4O3.C23H22FN3O.C18H19BrN2O.C17H17BrN2O2.C16H15BrN2O2.C16H13BrN2O2/c1-30(2)13-4-14-34-24-8-6-19(16-29-24)18-5-7-22-21(15-18)25-23(17-28-22)31(3)26(33)27(25)11-9-20(32)10-12-27;1-14-7-9-23(10-8-14)21-17-11-15(16-4-6-20(24)26-12-16)3-5-18(17)25-13-19(21)27(2)22(23)28;1-11-5-7-18(8-6-11)16-13-9-12(19)3-4-14(13)20-10-15(16)21(2)17(18)22;1-20-14-9-19-13-3-2-10(18)8-12(13)15(14)17(16(20)22)6-4-11(21)5-7-17;2*17-9-1-2-12-11(7-9)14-13(8-18-12)19-15(21)16(14)5-3-10(20)4-6-16/h5-8,15-17,20,32H,4,9-14H2,1-3H3;3-6,11-14H,7-10H2,1-2H3;3-4,9-11H,5-8H2,1-2H3;2-3,8-9,11,21H,4-7H2,1H3;1-2,7-8,10,20H,3-6H2,(H,19,21);1-2,7-8H,3-6H2,(H,19,21). The largest absolute Gasteiger partial charge is 0.478 e. The van der Waals surface area contributed by atoms with Crippen LogP contribution in [0.1, 0.15) is 208 Å². The highest BCUT2D eigenvalue weighted by Crippen LogP contribution is 2.60. The Balaban J connectivity index is 0.000000105. The molecule has 14 aromatic rings. The van der Waals surface area contributed by atoms with E-state index in [1.807, 2.05) is 161 Å². The van der Waals surface area contributed by atoms with Gasteiger partial charge in [-0.1, -0.05) is 89.7 Å². The molecule has 6 amide bonds. The maximum absolute atomic E-state index is 13.4. The lowest BCUT2D eigenvalue weighted by molar-refractivity contribution is -0.127. The topological polar surface area (TPSA) is 333 Å². The van der Waals surface area contributed by atoms with Gasteiger partial charge in [0.1, 0.15) is 5.78 Å². The van der Waals surface area contributed by atoms with E-state index in [9.17, 15) is 53.3 Å². The molecule has 12 aliphatic rings. The van der Waals surface area contributed by atoms with E-state index in [-0.39, 0.29) is 65.0 Å². The fourth-order valence-corrected chi connectivity index (χ4v) is 27.2. The third-order valence-corrected chi connectivity index (χ3v) is 36.0. The van der Waals surface area contributed by atoms with Crippen molar-refractivity contribution >= 4 is 204 Å². The van der Waals surface area contributed by atoms with E-state index >= 15 is 0 Å². The van der Waals surface area contributed by atoms with Gasteiger partial charge in [0.25, 0.3) is 0 Å². The average molecular weight is 2250 g/mol. The van der Waals surface area contributed by atoms with Crippen LogP contribution in [0, 0.1) is 17.8 Å². The van der Waals surface area contributed by atoms with Gasteiger partial charge in [-0.25, -0.2) is 9.97 Å². The van der Waals surface area contributed by atoms with Crippen LogP contribution in [0.15, 0.2) is 201 Å². The molecule has 6 aromatic carbocycles. The summed E-state index contributed by atoms with van der Waals surface area (Å²) in [4.78, 5) is 134. The third-order valence-electron chi connectivity index (χ3n) is 34.0. The summed E-state index contributed by atoms with van der Waals surface area (Å²) >= 11 is 14.1. The first-order valence-corrected chi connectivity index (χ1v) is 54.7. The van der Waals surface area contributed by atoms with Crippen molar-refractivity contribution in [3.05, 3.63) is 240 Å². The van der Waals surface area contributed by atoms with Crippen molar-refractivity contribution in [1.82, 2.24) is 44.8 Å². The first-order chi connectivity index (χ1) is 71.1. The van der Waals surface area contributed by atoms with E-state index < -0.39 is 33.0 Å². The van der Waals surface area contributed by atoms with Gasteiger partial charge >= 0.3 is 0 Å². The summed E-state index contributed by atoms with van der Waals surface area (Å²) in [7, 11) is 11.5. The molecule has 8 aromatic heterocycles. The summed E-state index contributed by atoms with van der Waals surface area (Å²) in [6, 6.07) is 43.3. The summed E-state index contributed by atoms with van der Waals surface area (Å²) < 4.78 is 23.0. The van der Waals surface area contributed by atoms with Crippen molar-refractivity contribution in [2.24, 2.45) is 11.8 Å². The molecule has 6 aliphatic carbocycles. The van der Waals surface area contributed by atoms with Crippen LogP contribution in [0.3, 0.4) is 0 Å². The SMILES string of the molecule is CC1CCC2(CC1)C(=O)N(C)c1cnc3ccc(-c4ccc(F)nc4)cc3c12.CC1CCC2(CC1)C(=O)N(C)c1cnc3ccc(Br)cc3c12.CN(C)CCCOc1ccc(-c2ccc3ncc4c(c3c2)C2(CCC(O)CC2)C(=O)N4C)cn1.CN1C(=O)C2(CCC(O)CC2)c2c1cnc1ccc(Br)cc21.O=C1CCC2(CC1)C(=O)Nc1cnc3ccc(Br)cc3c12.O=C1Nc2cnc3ccc(Br)cc3c2C12CCC(O)CC2. The van der Waals surface area contributed by atoms with Gasteiger partial charge in [0.15, 0.2) is 0 Å². The number of aromatic nitrogens is 8. The average Bonchev–Trinajstić information content (AvgIpc) is 1.52. The Bertz CT molecular complexity index is 7570. The van der Waals surface area contributed by atoms with E-state index in [0.717, 1.165) is 232 Å². The molecule has 0 atom stereocenters. The maximum atomic E-state index is 13.4. The molecule has 6 fully saturated rings. The molecule has 0 saturated heterocycles. The van der Waals surface area contributed by atoms with Crippen molar-refractivity contribution in [2.75, 3.05) is 85.7 Å². The van der Waals surface area contributed by atoms with Gasteiger partial charge in [0.05, 0.1) is 162 Å². The highest BCUT2D eigenvalue weighted by molar-refractivity contribution is 9.11. The van der Waals surface area contributed by atoms with E-state index in [1.54, 1.807) is 39.4 Å². The number of halogens is 5. The summed E-state index contributed by atoms with van der Waals surface area (Å²) in [5.41, 5.74) is 18.2. The number of pyridine rings is 8. The number of ketones is 1. The number of anilines is 6. The zero-order chi connectivity index (χ0) is 104. The molecule has 26 rings (SSSR count). The van der Waals surface area contributed by atoms with Crippen LogP contribution < -0.4 is 35.0 Å². The summed E-state index contributed by atoms with van der Waals surface area (Å²) in [6.45, 7) is 6.17. The Morgan fingerprint density at radius 3 is 0.966 bits per heavy atom. The van der Waals surface area contributed by atoms with Crippen molar-refractivity contribution in [2.45, 2.75) is 225 Å². The quantitative estimate of drug-likeness (QED) is 0.0731. The minimum absolute atomic E-state index is 0.0132. The Labute approximate surface area is 891 Å². The molecule has 6 saturated carbocycles. The van der Waals surface area contributed by atoms with Crippen LogP contribution >= 0.6 is 63.7 Å². The van der Waals surface area contributed by atoms with Gasteiger partial charge < -0.3 is 55.2 Å². The second-order valence-corrected chi connectivity index (χ2v) is 46.7. The van der Waals surface area contributed by atoms with Crippen LogP contribution in [0.2, 0.25) is 0 Å². The van der Waals surface area contributed by atoms with Crippen LogP contribution in [-0.4, -0.2) is 175 Å². The highest BCUT2D eigenvalue weighted by atomic mass is 79.9. The molecule has 31 heteroatoms. The molecule has 5 N–H and O–H groups in total. The van der Waals surface area contributed by atoms with Crippen molar-refractivity contribution in [3.63, 3.8) is 0 Å². The van der Waals surface area contributed by atoms with Crippen LogP contribution in [0.25, 0.3) is 87.7 Å². The molecular formula is C117H118Br4FN15O11. The Hall–Kier alpha value is -11.9. The lowest BCUT2D eigenvalue weighted by Crippen LogP contribution is -2.42. The number of hydrogen-bond donors (Lipinski definition) is 5. The van der Waals surface area contributed by atoms with E-state index in [4.69, 9.17) is 4.74 Å². The van der Waals surface area contributed by atoms with Gasteiger partial charge in [0, 0.05) is 161 Å². The van der Waals surface area contributed by atoms with Crippen molar-refractivity contribution < 1.29 is 58.0 Å². The van der Waals surface area contributed by atoms with Crippen LogP contribution in [0.4, 0.5) is 38.5 Å². The third kappa shape index (κ3) is 18.0. The second kappa shape index (κ2) is 40.4. The molecule has 148 heavy (non-hydrogen) atoms. The van der Waals surface area contributed by atoms with Gasteiger partial charge in [-0.05, 0) is 300 Å². The monoisotopic (exact) mass is 2240 g/mol. The smallest absolute Gasteiger partial charge is 0.237 e. The predicted octanol–water partition coefficient (Wildman–Crippen LogP) is 22.7. The fourth-order valence-electron chi connectivity index (χ4n) is 25.8. The number of benzene rings is 6. The van der Waals surface area contributed by atoms with Gasteiger partial charge in [-0.3, -0.25) is 63.5 Å². The highest BCUT2D eigenvalue weighted by Gasteiger charge is 2.58. The number of hydrogen-bond acceptors (Lipinski definition) is 20. The number of Topliss-reactive ketones (excluding diaryl/α,β-unsaturated/α-hetero) is 1. The number of aliphatic hydroxyl groups excluding tert-OH is 3. The fraction of sp³-hybridized carbons (Fsp3) is 0.393. The summed E-state index contributed by atoms with van der Waals surface area (Å²) in [5, 5.41) is 41.9. The molecule has 6 aliphatic heterocycles. The second-order valence-electron chi connectivity index (χ2n) is 43.0. The molecule has 0 radical (unpaired) electrons. The lowest BCUT2D eigenvalue weighted by Gasteiger charge is -2.35. The normalized spacial score (nSPS) is 24.7. The number of nitrogens with one attached hydrogen (secondary N) is 2. The molecule has 26 nitrogen and oxygen atoms in total. The Morgan fingerprint density at radius 2 is 0.642 bits per heavy atom. The van der Waals surface area contributed by atoms with E-state index in [1.165, 1.54) is 11.6 Å². The number of rotatable bonds is 7. The number of amides is 6. The van der Waals surface area contributed by atoms with Gasteiger partial charge in [-0.15, -0.1) is 0 Å². The van der Waals surface area contributed by atoms with E-state index in [0.29, 0.717) is 127 Å². The van der Waals surface area contributed by atoms with Crippen molar-refractivity contribution in [3.8, 4) is 28.1 Å². The number of ether oxygens (including phenoxy) is 1. The minimum atomic E-state index is -0.578. The molecule has 14 heterocycles. The molecule has 6 spiro atoms. The van der Waals surface area contributed by atoms with E-state index in [2.05, 4.69) is 171 Å². The number of carbonyl (C=O) groups is 7. The minimum Gasteiger partial charge on any atom is -0.478 e. The first-order valence-electron chi connectivity index (χ1n) is 51.5. The number of likely N-dealkylation sites (N-methyl/N-ethyl adjacent to an activating group) is 4. The Kier molecular flexibility index (Phi) is 27.8. The van der Waals surface area contributed by atoms with Crippen molar-refractivity contribution in [1.29, 1.82) is 0 Å². The summed E-state index contributed by atoms with van der Waals surface area (Å²) in [6.07, 6.45) is 32.5. The van der Waals surface area contributed by atoms with Gasteiger partial charge in [-0.2, -0.15) is 4.39 Å². The van der Waals surface area contributed by atoms with Crippen LogP contribution in [-0.2, 0) is 66.1 Å². The Morgan fingerprint density at radius 1 is 0.351 bits per heavy atom. The predicted molar refractivity (Wildman–Crippen MR) is 589 cm³/mol.